The van der Waals surface area contributed by atoms with Gasteiger partial charge in [-0.1, -0.05) is 78.9 Å². The van der Waals surface area contributed by atoms with Gasteiger partial charge in [0.2, 0.25) is 0 Å². The highest BCUT2D eigenvalue weighted by Crippen LogP contribution is 2.23. The number of ketones is 3. The molecule has 3 aromatic carbocycles. The largest absolute Gasteiger partial charge is 0.295 e. The summed E-state index contributed by atoms with van der Waals surface area (Å²) in [5.74, 6) is -0.114. The second-order valence-electron chi connectivity index (χ2n) is 7.78. The standard InChI is InChI=1S/C29H26O3/c1-20(21(2)30)18-26(22(3)31)17-14-23-12-15-24(16-13-23)27-10-7-11-28(19-27)29(32)25-8-5-4-6-9-25/h4-13,15-19H,14H2,1-3H3. The van der Waals surface area contributed by atoms with Crippen molar-refractivity contribution < 1.29 is 14.4 Å². The zero-order valence-corrected chi connectivity index (χ0v) is 18.6. The summed E-state index contributed by atoms with van der Waals surface area (Å²) in [5, 5.41) is 0. The molecule has 160 valence electrons. The Labute approximate surface area is 189 Å². The van der Waals surface area contributed by atoms with Crippen LogP contribution in [0.5, 0.6) is 0 Å². The van der Waals surface area contributed by atoms with Crippen LogP contribution in [0.15, 0.2) is 102 Å². The molecule has 0 fully saturated rings. The van der Waals surface area contributed by atoms with E-state index in [-0.39, 0.29) is 17.3 Å². The van der Waals surface area contributed by atoms with Crippen LogP contribution >= 0.6 is 0 Å². The van der Waals surface area contributed by atoms with Crippen molar-refractivity contribution in [2.75, 3.05) is 0 Å². The van der Waals surface area contributed by atoms with Gasteiger partial charge >= 0.3 is 0 Å². The van der Waals surface area contributed by atoms with Gasteiger partial charge in [0.05, 0.1) is 0 Å². The lowest BCUT2D eigenvalue weighted by atomic mass is 9.97. The molecule has 0 heterocycles. The van der Waals surface area contributed by atoms with Gasteiger partial charge < -0.3 is 0 Å². The second kappa shape index (κ2) is 10.5. The molecule has 0 aromatic heterocycles. The molecule has 0 unspecified atom stereocenters. The molecule has 0 saturated carbocycles. The van der Waals surface area contributed by atoms with Gasteiger partial charge in [0.25, 0.3) is 0 Å². The number of Topliss-reactive ketones (excluding diaryl/α,β-unsaturated/α-hetero) is 2. The van der Waals surface area contributed by atoms with Gasteiger partial charge in [0, 0.05) is 16.7 Å². The fourth-order valence-electron chi connectivity index (χ4n) is 3.30. The molecule has 0 radical (unpaired) electrons. The number of carbonyl (C=O) groups excluding carboxylic acids is 3. The van der Waals surface area contributed by atoms with Crippen LogP contribution in [0.1, 0.15) is 42.3 Å². The van der Waals surface area contributed by atoms with Crippen LogP contribution in [0.4, 0.5) is 0 Å². The van der Waals surface area contributed by atoms with E-state index in [4.69, 9.17) is 0 Å². The second-order valence-corrected chi connectivity index (χ2v) is 7.78. The molecule has 0 aliphatic carbocycles. The van der Waals surface area contributed by atoms with Crippen LogP contribution in [0, 0.1) is 0 Å². The monoisotopic (exact) mass is 422 g/mol. The Hall–Kier alpha value is -3.85. The SMILES string of the molecule is CC(=O)C(C)=CC(=CCc1ccc(-c2cccc(C(=O)c3ccccc3)c2)cc1)C(C)=O. The van der Waals surface area contributed by atoms with Crippen LogP contribution < -0.4 is 0 Å². The minimum Gasteiger partial charge on any atom is -0.295 e. The smallest absolute Gasteiger partial charge is 0.193 e. The lowest BCUT2D eigenvalue weighted by Crippen LogP contribution is -2.00. The summed E-state index contributed by atoms with van der Waals surface area (Å²) in [5.41, 5.74) is 5.46. The van der Waals surface area contributed by atoms with E-state index in [2.05, 4.69) is 0 Å². The Morgan fingerprint density at radius 3 is 1.97 bits per heavy atom. The highest BCUT2D eigenvalue weighted by atomic mass is 16.1. The maximum absolute atomic E-state index is 12.7. The first kappa shape index (κ1) is 22.8. The first-order valence-corrected chi connectivity index (χ1v) is 10.5. The van der Waals surface area contributed by atoms with Crippen molar-refractivity contribution in [3.8, 4) is 11.1 Å². The van der Waals surface area contributed by atoms with Gasteiger partial charge in [0.1, 0.15) is 0 Å². The third-order valence-electron chi connectivity index (χ3n) is 5.34. The Morgan fingerprint density at radius 2 is 1.34 bits per heavy atom. The van der Waals surface area contributed by atoms with Crippen LogP contribution in [-0.4, -0.2) is 17.3 Å². The van der Waals surface area contributed by atoms with Crippen molar-refractivity contribution in [3.05, 3.63) is 119 Å². The van der Waals surface area contributed by atoms with Crippen molar-refractivity contribution in [1.29, 1.82) is 0 Å². The highest BCUT2D eigenvalue weighted by molar-refractivity contribution is 6.09. The van der Waals surface area contributed by atoms with Crippen LogP contribution in [0.2, 0.25) is 0 Å². The molecular weight excluding hydrogens is 396 g/mol. The zero-order chi connectivity index (χ0) is 23.1. The quantitative estimate of drug-likeness (QED) is 0.247. The number of hydrogen-bond donors (Lipinski definition) is 0. The molecule has 0 N–H and O–H groups in total. The predicted octanol–water partition coefficient (Wildman–Crippen LogP) is 6.18. The molecule has 3 heteroatoms. The van der Waals surface area contributed by atoms with Gasteiger partial charge in [0.15, 0.2) is 17.3 Å². The average Bonchev–Trinajstić information content (AvgIpc) is 2.81. The van der Waals surface area contributed by atoms with Crippen molar-refractivity contribution in [2.24, 2.45) is 0 Å². The third-order valence-corrected chi connectivity index (χ3v) is 5.34. The summed E-state index contributed by atoms with van der Waals surface area (Å²) in [4.78, 5) is 36.1. The summed E-state index contributed by atoms with van der Waals surface area (Å²) in [6.07, 6.45) is 4.08. The molecule has 3 nitrogen and oxygen atoms in total. The highest BCUT2D eigenvalue weighted by Gasteiger charge is 2.10. The summed E-state index contributed by atoms with van der Waals surface area (Å²) >= 11 is 0. The van der Waals surface area contributed by atoms with E-state index >= 15 is 0 Å². The van der Waals surface area contributed by atoms with E-state index in [9.17, 15) is 14.4 Å². The van der Waals surface area contributed by atoms with E-state index < -0.39 is 0 Å². The summed E-state index contributed by atoms with van der Waals surface area (Å²) in [6, 6.07) is 24.9. The Bertz CT molecular complexity index is 1200. The Kier molecular flexibility index (Phi) is 7.45. The van der Waals surface area contributed by atoms with E-state index in [1.54, 1.807) is 13.0 Å². The first-order valence-electron chi connectivity index (χ1n) is 10.5. The number of carbonyl (C=O) groups is 3. The molecule has 0 bridgehead atoms. The normalized spacial score (nSPS) is 11.8. The molecule has 0 aliphatic heterocycles. The maximum atomic E-state index is 12.7. The summed E-state index contributed by atoms with van der Waals surface area (Å²) in [6.45, 7) is 4.71. The topological polar surface area (TPSA) is 51.2 Å². The molecule has 3 rings (SSSR count). The molecule has 3 aromatic rings. The van der Waals surface area contributed by atoms with E-state index in [0.29, 0.717) is 28.7 Å². The minimum absolute atomic E-state index is 0.000112. The molecule has 0 spiro atoms. The lowest BCUT2D eigenvalue weighted by molar-refractivity contribution is -0.113. The van der Waals surface area contributed by atoms with Crippen molar-refractivity contribution in [1.82, 2.24) is 0 Å². The fourth-order valence-corrected chi connectivity index (χ4v) is 3.30. The number of hydrogen-bond acceptors (Lipinski definition) is 3. The molecule has 0 aliphatic rings. The molecular formula is C29H26O3. The zero-order valence-electron chi connectivity index (χ0n) is 18.6. The van der Waals surface area contributed by atoms with E-state index in [1.807, 2.05) is 84.9 Å². The maximum Gasteiger partial charge on any atom is 0.193 e. The van der Waals surface area contributed by atoms with Gasteiger partial charge in [-0.3, -0.25) is 14.4 Å². The van der Waals surface area contributed by atoms with Crippen LogP contribution in [-0.2, 0) is 16.0 Å². The minimum atomic E-state index is -0.0675. The molecule has 0 saturated heterocycles. The van der Waals surface area contributed by atoms with Crippen molar-refractivity contribution >= 4 is 17.3 Å². The molecule has 32 heavy (non-hydrogen) atoms. The van der Waals surface area contributed by atoms with Gasteiger partial charge in [-0.05, 0) is 61.6 Å². The summed E-state index contributed by atoms with van der Waals surface area (Å²) in [7, 11) is 0. The average molecular weight is 423 g/mol. The van der Waals surface area contributed by atoms with Gasteiger partial charge in [-0.2, -0.15) is 0 Å². The lowest BCUT2D eigenvalue weighted by Gasteiger charge is -2.07. The Balaban J connectivity index is 1.79. The number of allylic oxidation sites excluding steroid dienone is 4. The number of benzene rings is 3. The van der Waals surface area contributed by atoms with Gasteiger partial charge in [-0.15, -0.1) is 0 Å². The van der Waals surface area contributed by atoms with Crippen molar-refractivity contribution in [2.45, 2.75) is 27.2 Å². The van der Waals surface area contributed by atoms with Crippen molar-refractivity contribution in [3.63, 3.8) is 0 Å². The first-order chi connectivity index (χ1) is 15.3. The van der Waals surface area contributed by atoms with Crippen LogP contribution in [0.25, 0.3) is 11.1 Å². The fraction of sp³-hybridized carbons (Fsp3) is 0.138. The summed E-state index contributed by atoms with van der Waals surface area (Å²) < 4.78 is 0. The van der Waals surface area contributed by atoms with E-state index in [0.717, 1.165) is 16.7 Å². The van der Waals surface area contributed by atoms with Gasteiger partial charge in [-0.25, -0.2) is 0 Å². The Morgan fingerprint density at radius 1 is 0.688 bits per heavy atom. The molecule has 0 amide bonds. The molecule has 0 atom stereocenters. The predicted molar refractivity (Wildman–Crippen MR) is 129 cm³/mol. The number of rotatable bonds is 8. The van der Waals surface area contributed by atoms with Crippen LogP contribution in [0.3, 0.4) is 0 Å². The van der Waals surface area contributed by atoms with E-state index in [1.165, 1.54) is 13.8 Å². The third kappa shape index (κ3) is 5.86.